The second kappa shape index (κ2) is 12.2. The molecule has 0 radical (unpaired) electrons. The van der Waals surface area contributed by atoms with Crippen LogP contribution in [-0.4, -0.2) is 74.2 Å². The number of aromatic nitrogens is 1. The molecule has 0 saturated heterocycles. The predicted octanol–water partition coefficient (Wildman–Crippen LogP) is 3.77. The molecule has 0 bridgehead atoms. The number of phosphoric ester groups is 1. The summed E-state index contributed by atoms with van der Waals surface area (Å²) in [7, 11) is -4.89. The molecular formula is C30H34ClFN3O11P. The van der Waals surface area contributed by atoms with Crippen LogP contribution in [-0.2, 0) is 37.2 Å². The average Bonchev–Trinajstić information content (AvgIpc) is 3.61. The molecule has 6 rings (SSSR count). The van der Waals surface area contributed by atoms with Crippen LogP contribution in [0, 0.1) is 17.7 Å². The van der Waals surface area contributed by atoms with Crippen LogP contribution in [0.2, 0.25) is 5.02 Å². The van der Waals surface area contributed by atoms with E-state index >= 15 is 0 Å². The van der Waals surface area contributed by atoms with Gasteiger partial charge in [-0.3, -0.25) is 23.5 Å². The number of amides is 2. The minimum Gasteiger partial charge on any atom is -0.451 e. The maximum absolute atomic E-state index is 14.5. The number of halogens is 2. The molecule has 2 aliphatic carbocycles. The Hall–Kier alpha value is -3.49. The van der Waals surface area contributed by atoms with Crippen molar-refractivity contribution in [2.45, 2.75) is 70.9 Å². The lowest BCUT2D eigenvalue weighted by Crippen LogP contribution is -2.53. The first-order chi connectivity index (χ1) is 22.1. The molecule has 14 nitrogen and oxygen atoms in total. The number of pyridine rings is 1. The number of benzene rings is 1. The highest BCUT2D eigenvalue weighted by Crippen LogP contribution is 2.64. The summed E-state index contributed by atoms with van der Waals surface area (Å²) in [6.07, 6.45) is -0.665. The van der Waals surface area contributed by atoms with Crippen LogP contribution in [0.25, 0.3) is 0 Å². The van der Waals surface area contributed by atoms with Crippen molar-refractivity contribution < 1.29 is 51.9 Å². The summed E-state index contributed by atoms with van der Waals surface area (Å²) in [6.45, 7) is 3.81. The van der Waals surface area contributed by atoms with Crippen LogP contribution >= 0.6 is 19.4 Å². The predicted molar refractivity (Wildman–Crippen MR) is 161 cm³/mol. The van der Waals surface area contributed by atoms with E-state index in [0.717, 1.165) is 6.42 Å². The SMILES string of the molecule is CC(C)OC(=O)OCOc1c2c(c3n(c1=O)[C@@]1(CC[C@H]4C[C@H]41)N(C[C@H](C)OP(=O)(O)O)C3=O)CCN(Cc1ccc(F)c(Cl)c1)C2=O. The number of carbonyl (C=O) groups excluding carboxylic acids is 3. The summed E-state index contributed by atoms with van der Waals surface area (Å²) in [5.74, 6) is -2.12. The summed E-state index contributed by atoms with van der Waals surface area (Å²) in [4.78, 5) is 76.7. The molecule has 3 heterocycles. The van der Waals surface area contributed by atoms with Gasteiger partial charge in [0.25, 0.3) is 17.4 Å². The molecule has 2 saturated carbocycles. The molecule has 47 heavy (non-hydrogen) atoms. The lowest BCUT2D eigenvalue weighted by molar-refractivity contribution is -0.0108. The zero-order valence-corrected chi connectivity index (χ0v) is 27.5. The highest BCUT2D eigenvalue weighted by molar-refractivity contribution is 7.46. The van der Waals surface area contributed by atoms with Crippen LogP contribution in [0.1, 0.15) is 72.0 Å². The zero-order valence-electron chi connectivity index (χ0n) is 25.8. The molecule has 2 aromatic rings. The Morgan fingerprint density at radius 1 is 1.19 bits per heavy atom. The van der Waals surface area contributed by atoms with Crippen LogP contribution in [0.4, 0.5) is 9.18 Å². The minimum atomic E-state index is -4.89. The highest BCUT2D eigenvalue weighted by Gasteiger charge is 2.67. The number of ether oxygens (including phenoxy) is 3. The molecule has 1 aromatic carbocycles. The number of hydrogen-bond donors (Lipinski definition) is 2. The molecule has 2 fully saturated rings. The van der Waals surface area contributed by atoms with Crippen molar-refractivity contribution in [1.29, 1.82) is 0 Å². The van der Waals surface area contributed by atoms with E-state index in [4.69, 9.17) is 30.3 Å². The zero-order chi connectivity index (χ0) is 34.0. The molecule has 2 aliphatic heterocycles. The molecule has 2 amide bonds. The summed E-state index contributed by atoms with van der Waals surface area (Å²) in [5.41, 5.74) is -1.33. The van der Waals surface area contributed by atoms with E-state index in [1.54, 1.807) is 13.8 Å². The van der Waals surface area contributed by atoms with Gasteiger partial charge in [0, 0.05) is 31.1 Å². The van der Waals surface area contributed by atoms with E-state index in [9.17, 15) is 37.9 Å². The Labute approximate surface area is 273 Å². The van der Waals surface area contributed by atoms with Crippen molar-refractivity contribution >= 4 is 37.4 Å². The Balaban J connectivity index is 1.44. The third-order valence-electron chi connectivity index (χ3n) is 9.10. The van der Waals surface area contributed by atoms with E-state index in [0.29, 0.717) is 18.4 Å². The number of rotatable bonds is 10. The van der Waals surface area contributed by atoms with Crippen molar-refractivity contribution in [2.24, 2.45) is 11.8 Å². The van der Waals surface area contributed by atoms with E-state index < -0.39 is 67.6 Å². The van der Waals surface area contributed by atoms with Crippen LogP contribution < -0.4 is 10.3 Å². The number of carbonyl (C=O) groups is 3. The maximum atomic E-state index is 14.5. The Kier molecular flexibility index (Phi) is 8.67. The van der Waals surface area contributed by atoms with Crippen LogP contribution in [0.5, 0.6) is 5.75 Å². The fourth-order valence-corrected chi connectivity index (χ4v) is 8.03. The van der Waals surface area contributed by atoms with E-state index in [1.165, 1.54) is 39.5 Å². The topological polar surface area (TPSA) is 174 Å². The van der Waals surface area contributed by atoms with Gasteiger partial charge in [0.2, 0.25) is 12.5 Å². The van der Waals surface area contributed by atoms with Gasteiger partial charge in [-0.2, -0.15) is 0 Å². The first-order valence-corrected chi connectivity index (χ1v) is 17.1. The van der Waals surface area contributed by atoms with Crippen LogP contribution in [0.3, 0.4) is 0 Å². The molecule has 4 atom stereocenters. The third-order valence-corrected chi connectivity index (χ3v) is 10.0. The van der Waals surface area contributed by atoms with Crippen molar-refractivity contribution in [3.8, 4) is 5.75 Å². The monoisotopic (exact) mass is 697 g/mol. The Morgan fingerprint density at radius 3 is 2.55 bits per heavy atom. The van der Waals surface area contributed by atoms with Crippen LogP contribution in [0.15, 0.2) is 23.0 Å². The summed E-state index contributed by atoms with van der Waals surface area (Å²) < 4.78 is 47.4. The first kappa shape index (κ1) is 33.4. The Bertz CT molecular complexity index is 1760. The van der Waals surface area contributed by atoms with Gasteiger partial charge < -0.3 is 33.8 Å². The van der Waals surface area contributed by atoms with Gasteiger partial charge in [0.15, 0.2) is 0 Å². The van der Waals surface area contributed by atoms with E-state index in [2.05, 4.69) is 0 Å². The third kappa shape index (κ3) is 6.04. The second-order valence-electron chi connectivity index (χ2n) is 12.6. The summed E-state index contributed by atoms with van der Waals surface area (Å²) >= 11 is 5.96. The molecule has 254 valence electrons. The van der Waals surface area contributed by atoms with Gasteiger partial charge >= 0.3 is 14.0 Å². The maximum Gasteiger partial charge on any atom is 0.511 e. The van der Waals surface area contributed by atoms with Crippen molar-refractivity contribution in [2.75, 3.05) is 19.9 Å². The second-order valence-corrected chi connectivity index (χ2v) is 14.2. The largest absolute Gasteiger partial charge is 0.511 e. The smallest absolute Gasteiger partial charge is 0.451 e. The van der Waals surface area contributed by atoms with Gasteiger partial charge in [0.05, 0.1) is 22.8 Å². The normalized spacial score (nSPS) is 23.6. The molecule has 4 aliphatic rings. The highest BCUT2D eigenvalue weighted by atomic mass is 35.5. The minimum absolute atomic E-state index is 0.00578. The lowest BCUT2D eigenvalue weighted by atomic mass is 9.95. The van der Waals surface area contributed by atoms with Crippen molar-refractivity contribution in [1.82, 2.24) is 14.4 Å². The molecule has 2 N–H and O–H groups in total. The molecule has 1 spiro atoms. The van der Waals surface area contributed by atoms with Crippen molar-refractivity contribution in [3.05, 3.63) is 61.8 Å². The summed E-state index contributed by atoms with van der Waals surface area (Å²) in [5, 5.41) is -0.124. The number of fused-ring (bicyclic) bond motifs is 6. The molecule has 1 aromatic heterocycles. The number of hydrogen-bond acceptors (Lipinski definition) is 9. The number of phosphoric acid groups is 1. The standard InChI is InChI=1S/C30H34ClFN3O11P/c1-15(2)45-29(39)44-14-43-25-23-19(7-9-33(26(23)36)13-17-4-5-22(32)21(31)10-17)24-27(37)34(12-16(3)46-47(40,41)42)30(35(24)28(25)38)8-6-18-11-20(18)30/h4-5,10,15-16,18,20H,6-9,11-14H2,1-3H3,(H2,40,41,42)/t16-,18-,20+,30+/m0/s1. The Morgan fingerprint density at radius 2 is 1.94 bits per heavy atom. The van der Waals surface area contributed by atoms with Crippen molar-refractivity contribution in [3.63, 3.8) is 0 Å². The van der Waals surface area contributed by atoms with Gasteiger partial charge in [-0.1, -0.05) is 17.7 Å². The van der Waals surface area contributed by atoms with Gasteiger partial charge in [-0.25, -0.2) is 13.8 Å². The quantitative estimate of drug-likeness (QED) is 0.210. The fraction of sp³-hybridized carbons (Fsp3) is 0.533. The van der Waals surface area contributed by atoms with Gasteiger partial charge in [0.1, 0.15) is 17.2 Å². The van der Waals surface area contributed by atoms with E-state index in [-0.39, 0.29) is 59.7 Å². The lowest BCUT2D eigenvalue weighted by Gasteiger charge is -2.39. The summed E-state index contributed by atoms with van der Waals surface area (Å²) in [6, 6.07) is 4.05. The molecule has 0 unspecified atom stereocenters. The number of nitrogens with zero attached hydrogens (tertiary/aromatic N) is 3. The van der Waals surface area contributed by atoms with Gasteiger partial charge in [-0.15, -0.1) is 0 Å². The first-order valence-electron chi connectivity index (χ1n) is 15.2. The molecular weight excluding hydrogens is 664 g/mol. The average molecular weight is 698 g/mol. The molecule has 17 heteroatoms. The fourth-order valence-electron chi connectivity index (χ4n) is 7.30. The van der Waals surface area contributed by atoms with Gasteiger partial charge in [-0.05, 0) is 70.1 Å². The van der Waals surface area contributed by atoms with E-state index in [1.807, 2.05) is 0 Å².